The van der Waals surface area contributed by atoms with Crippen LogP contribution in [0.3, 0.4) is 0 Å². The highest BCUT2D eigenvalue weighted by atomic mass is 15.0. The molecule has 3 rings (SSSR count). The molecule has 2 heteroatoms. The fourth-order valence-corrected chi connectivity index (χ4v) is 2.60. The van der Waals surface area contributed by atoms with Crippen LogP contribution in [0.1, 0.15) is 36.8 Å². The van der Waals surface area contributed by atoms with E-state index in [9.17, 15) is 0 Å². The number of nitrogens with zero attached hydrogens (tertiary/aromatic N) is 1. The second-order valence-corrected chi connectivity index (χ2v) is 5.49. The molecular formula is C15H18N2. The van der Waals surface area contributed by atoms with Crippen LogP contribution in [0, 0.1) is 30.1 Å². The van der Waals surface area contributed by atoms with Gasteiger partial charge in [-0.2, -0.15) is 5.26 Å². The maximum absolute atomic E-state index is 8.92. The zero-order chi connectivity index (χ0) is 11.8. The van der Waals surface area contributed by atoms with Gasteiger partial charge in [0, 0.05) is 11.7 Å². The van der Waals surface area contributed by atoms with E-state index in [0.29, 0.717) is 6.04 Å². The zero-order valence-corrected chi connectivity index (χ0v) is 10.2. The van der Waals surface area contributed by atoms with Crippen LogP contribution in [0.15, 0.2) is 18.2 Å². The summed E-state index contributed by atoms with van der Waals surface area (Å²) in [5, 5.41) is 12.6. The Morgan fingerprint density at radius 3 is 2.35 bits per heavy atom. The first-order valence-electron chi connectivity index (χ1n) is 6.55. The lowest BCUT2D eigenvalue weighted by atomic mass is 10.1. The Morgan fingerprint density at radius 1 is 1.24 bits per heavy atom. The summed E-state index contributed by atoms with van der Waals surface area (Å²) in [5.41, 5.74) is 3.04. The molecule has 0 saturated heterocycles. The molecule has 1 aromatic carbocycles. The van der Waals surface area contributed by atoms with Crippen molar-refractivity contribution >= 4 is 5.69 Å². The van der Waals surface area contributed by atoms with E-state index in [-0.39, 0.29) is 0 Å². The topological polar surface area (TPSA) is 35.8 Å². The average Bonchev–Trinajstić information content (AvgIpc) is 3.16. The Balaban J connectivity index is 1.75. The highest BCUT2D eigenvalue weighted by molar-refractivity contribution is 5.52. The van der Waals surface area contributed by atoms with Crippen LogP contribution in [0.25, 0.3) is 0 Å². The second-order valence-electron chi connectivity index (χ2n) is 5.49. The van der Waals surface area contributed by atoms with Gasteiger partial charge in [0.1, 0.15) is 0 Å². The molecule has 88 valence electrons. The van der Waals surface area contributed by atoms with Gasteiger partial charge in [-0.1, -0.05) is 0 Å². The summed E-state index contributed by atoms with van der Waals surface area (Å²) in [6.45, 7) is 2.01. The Kier molecular flexibility index (Phi) is 2.55. The minimum atomic E-state index is 0.683. The number of hydrogen-bond donors (Lipinski definition) is 1. The summed E-state index contributed by atoms with van der Waals surface area (Å²) in [7, 11) is 0. The lowest BCUT2D eigenvalue weighted by Crippen LogP contribution is -2.24. The standard InChI is InChI=1S/C15H18N2/c1-10-8-14(7-6-13(10)9-16)17-15(11-2-3-11)12-4-5-12/h6-8,11-12,15,17H,2-5H2,1H3. The molecule has 0 heterocycles. The van der Waals surface area contributed by atoms with Crippen molar-refractivity contribution in [2.75, 3.05) is 5.32 Å². The maximum Gasteiger partial charge on any atom is 0.0994 e. The summed E-state index contributed by atoms with van der Waals surface area (Å²) in [4.78, 5) is 0. The minimum absolute atomic E-state index is 0.683. The first-order valence-corrected chi connectivity index (χ1v) is 6.55. The molecule has 1 aromatic rings. The van der Waals surface area contributed by atoms with Crippen molar-refractivity contribution in [3.8, 4) is 6.07 Å². The van der Waals surface area contributed by atoms with E-state index in [1.807, 2.05) is 19.1 Å². The van der Waals surface area contributed by atoms with Crippen molar-refractivity contribution < 1.29 is 0 Å². The fourth-order valence-electron chi connectivity index (χ4n) is 2.60. The number of hydrogen-bond acceptors (Lipinski definition) is 2. The molecule has 0 amide bonds. The Bertz CT molecular complexity index is 452. The van der Waals surface area contributed by atoms with Crippen molar-refractivity contribution in [3.05, 3.63) is 29.3 Å². The summed E-state index contributed by atoms with van der Waals surface area (Å²) in [6, 6.07) is 8.98. The van der Waals surface area contributed by atoms with Crippen molar-refractivity contribution in [2.24, 2.45) is 11.8 Å². The molecule has 0 aliphatic heterocycles. The van der Waals surface area contributed by atoms with Crippen molar-refractivity contribution in [1.29, 1.82) is 5.26 Å². The Hall–Kier alpha value is -1.49. The first-order chi connectivity index (χ1) is 8.28. The van der Waals surface area contributed by atoms with Gasteiger partial charge in [0.15, 0.2) is 0 Å². The van der Waals surface area contributed by atoms with Crippen molar-refractivity contribution in [1.82, 2.24) is 0 Å². The molecule has 0 atom stereocenters. The zero-order valence-electron chi connectivity index (χ0n) is 10.2. The molecule has 0 bridgehead atoms. The third-order valence-corrected chi connectivity index (χ3v) is 3.94. The molecule has 2 nitrogen and oxygen atoms in total. The lowest BCUT2D eigenvalue weighted by Gasteiger charge is -2.19. The number of rotatable bonds is 4. The van der Waals surface area contributed by atoms with Gasteiger partial charge < -0.3 is 5.32 Å². The first kappa shape index (κ1) is 10.7. The van der Waals surface area contributed by atoms with Crippen LogP contribution in [0.2, 0.25) is 0 Å². The highest BCUT2D eigenvalue weighted by Crippen LogP contribution is 2.45. The molecule has 2 fully saturated rings. The van der Waals surface area contributed by atoms with Gasteiger partial charge >= 0.3 is 0 Å². The van der Waals surface area contributed by atoms with Crippen molar-refractivity contribution in [3.63, 3.8) is 0 Å². The third-order valence-electron chi connectivity index (χ3n) is 3.94. The van der Waals surface area contributed by atoms with E-state index in [4.69, 9.17) is 5.26 Å². The third kappa shape index (κ3) is 2.29. The number of aryl methyl sites for hydroxylation is 1. The van der Waals surface area contributed by atoms with Gasteiger partial charge in [0.25, 0.3) is 0 Å². The maximum atomic E-state index is 8.92. The largest absolute Gasteiger partial charge is 0.382 e. The van der Waals surface area contributed by atoms with E-state index < -0.39 is 0 Å². The second kappa shape index (κ2) is 4.07. The number of anilines is 1. The molecule has 0 radical (unpaired) electrons. The van der Waals surface area contributed by atoms with Crippen LogP contribution >= 0.6 is 0 Å². The van der Waals surface area contributed by atoms with E-state index in [1.54, 1.807) is 0 Å². The molecular weight excluding hydrogens is 208 g/mol. The Morgan fingerprint density at radius 2 is 1.88 bits per heavy atom. The quantitative estimate of drug-likeness (QED) is 0.853. The lowest BCUT2D eigenvalue weighted by molar-refractivity contribution is 0.568. The molecule has 17 heavy (non-hydrogen) atoms. The number of nitriles is 1. The molecule has 0 spiro atoms. The van der Waals surface area contributed by atoms with E-state index in [2.05, 4.69) is 17.5 Å². The smallest absolute Gasteiger partial charge is 0.0994 e. The average molecular weight is 226 g/mol. The molecule has 1 N–H and O–H groups in total. The normalized spacial score (nSPS) is 19.1. The van der Waals surface area contributed by atoms with E-state index in [0.717, 1.165) is 23.0 Å². The molecule has 2 aliphatic carbocycles. The van der Waals surface area contributed by atoms with Gasteiger partial charge in [0.05, 0.1) is 11.6 Å². The van der Waals surface area contributed by atoms with Crippen LogP contribution in [0.5, 0.6) is 0 Å². The van der Waals surface area contributed by atoms with Gasteiger partial charge in [-0.3, -0.25) is 0 Å². The summed E-state index contributed by atoms with van der Waals surface area (Å²) in [6.07, 6.45) is 5.57. The number of benzene rings is 1. The van der Waals surface area contributed by atoms with Crippen molar-refractivity contribution in [2.45, 2.75) is 38.6 Å². The monoisotopic (exact) mass is 226 g/mol. The summed E-state index contributed by atoms with van der Waals surface area (Å²) >= 11 is 0. The van der Waals surface area contributed by atoms with Gasteiger partial charge in [0.2, 0.25) is 0 Å². The van der Waals surface area contributed by atoms with Crippen LogP contribution in [-0.4, -0.2) is 6.04 Å². The molecule has 0 unspecified atom stereocenters. The van der Waals surface area contributed by atoms with E-state index >= 15 is 0 Å². The molecule has 0 aromatic heterocycles. The van der Waals surface area contributed by atoms with Gasteiger partial charge in [-0.15, -0.1) is 0 Å². The van der Waals surface area contributed by atoms with Gasteiger partial charge in [-0.05, 0) is 68.2 Å². The fraction of sp³-hybridized carbons (Fsp3) is 0.533. The minimum Gasteiger partial charge on any atom is -0.382 e. The van der Waals surface area contributed by atoms with Crippen LogP contribution < -0.4 is 5.32 Å². The van der Waals surface area contributed by atoms with Crippen LogP contribution in [0.4, 0.5) is 5.69 Å². The van der Waals surface area contributed by atoms with Gasteiger partial charge in [-0.25, -0.2) is 0 Å². The predicted octanol–water partition coefficient (Wildman–Crippen LogP) is 3.47. The summed E-state index contributed by atoms with van der Waals surface area (Å²) in [5.74, 6) is 1.80. The SMILES string of the molecule is Cc1cc(NC(C2CC2)C2CC2)ccc1C#N. The Labute approximate surface area is 103 Å². The summed E-state index contributed by atoms with van der Waals surface area (Å²) < 4.78 is 0. The highest BCUT2D eigenvalue weighted by Gasteiger charge is 2.41. The molecule has 2 aliphatic rings. The van der Waals surface area contributed by atoms with E-state index in [1.165, 1.54) is 31.4 Å². The number of nitrogens with one attached hydrogen (secondary N) is 1. The predicted molar refractivity (Wildman–Crippen MR) is 68.8 cm³/mol. The van der Waals surface area contributed by atoms with Crippen LogP contribution in [-0.2, 0) is 0 Å². The molecule has 2 saturated carbocycles.